The summed E-state index contributed by atoms with van der Waals surface area (Å²) in [4.78, 5) is 24.4. The molecule has 0 atom stereocenters. The number of carbonyl (C=O) groups excluding carboxylic acids is 2. The Balaban J connectivity index is 1.82. The van der Waals surface area contributed by atoms with Crippen molar-refractivity contribution < 1.29 is 23.8 Å². The number of rotatable bonds is 9. The summed E-state index contributed by atoms with van der Waals surface area (Å²) in [5.74, 6) is 0.844. The quantitative estimate of drug-likeness (QED) is 0.701. The van der Waals surface area contributed by atoms with E-state index in [1.807, 2.05) is 24.3 Å². The molecule has 0 heterocycles. The average molecular weight is 372 g/mol. The minimum Gasteiger partial charge on any atom is -0.497 e. The van der Waals surface area contributed by atoms with Crippen LogP contribution < -0.4 is 24.8 Å². The first kappa shape index (κ1) is 20.1. The van der Waals surface area contributed by atoms with E-state index in [1.165, 1.54) is 14.2 Å². The van der Waals surface area contributed by atoms with Gasteiger partial charge in [-0.2, -0.15) is 0 Å². The fourth-order valence-electron chi connectivity index (χ4n) is 2.52. The predicted molar refractivity (Wildman–Crippen MR) is 102 cm³/mol. The maximum atomic E-state index is 12.4. The second kappa shape index (κ2) is 10.1. The summed E-state index contributed by atoms with van der Waals surface area (Å²) in [5, 5.41) is 5.36. The lowest BCUT2D eigenvalue weighted by Crippen LogP contribution is -2.37. The van der Waals surface area contributed by atoms with Crippen molar-refractivity contribution in [1.82, 2.24) is 10.6 Å². The van der Waals surface area contributed by atoms with E-state index in [-0.39, 0.29) is 18.0 Å². The maximum absolute atomic E-state index is 12.4. The summed E-state index contributed by atoms with van der Waals surface area (Å²) in [5.41, 5.74) is 1.34. The second-order valence-electron chi connectivity index (χ2n) is 5.67. The van der Waals surface area contributed by atoms with E-state index in [0.29, 0.717) is 24.5 Å². The number of hydrogen-bond acceptors (Lipinski definition) is 5. The number of carbonyl (C=O) groups is 2. The van der Waals surface area contributed by atoms with Gasteiger partial charge in [-0.25, -0.2) is 0 Å². The molecule has 0 fully saturated rings. The van der Waals surface area contributed by atoms with Crippen LogP contribution in [0.1, 0.15) is 15.9 Å². The van der Waals surface area contributed by atoms with Crippen LogP contribution in [0.25, 0.3) is 0 Å². The third-order valence-corrected chi connectivity index (χ3v) is 3.96. The zero-order valence-electron chi connectivity index (χ0n) is 15.7. The van der Waals surface area contributed by atoms with Gasteiger partial charge in [0.25, 0.3) is 5.91 Å². The Morgan fingerprint density at radius 1 is 0.852 bits per heavy atom. The number of ether oxygens (including phenoxy) is 3. The molecule has 2 aromatic carbocycles. The van der Waals surface area contributed by atoms with Gasteiger partial charge >= 0.3 is 0 Å². The lowest BCUT2D eigenvalue weighted by atomic mass is 10.1. The second-order valence-corrected chi connectivity index (χ2v) is 5.67. The van der Waals surface area contributed by atoms with Crippen molar-refractivity contribution >= 4 is 11.8 Å². The monoisotopic (exact) mass is 372 g/mol. The van der Waals surface area contributed by atoms with Gasteiger partial charge in [-0.3, -0.25) is 9.59 Å². The van der Waals surface area contributed by atoms with Gasteiger partial charge in [0.1, 0.15) is 22.8 Å². The fraction of sp³-hybridized carbons (Fsp3) is 0.300. The third-order valence-electron chi connectivity index (χ3n) is 3.96. The molecule has 7 heteroatoms. The molecule has 7 nitrogen and oxygen atoms in total. The molecule has 2 rings (SSSR count). The van der Waals surface area contributed by atoms with E-state index in [2.05, 4.69) is 10.6 Å². The lowest BCUT2D eigenvalue weighted by Gasteiger charge is -2.13. The highest BCUT2D eigenvalue weighted by molar-refractivity contribution is 6.01. The highest BCUT2D eigenvalue weighted by Gasteiger charge is 2.18. The molecule has 144 valence electrons. The van der Waals surface area contributed by atoms with Crippen LogP contribution in [0.4, 0.5) is 0 Å². The number of methoxy groups -OCH3 is 3. The van der Waals surface area contributed by atoms with Crippen LogP contribution in [0.15, 0.2) is 42.5 Å². The van der Waals surface area contributed by atoms with Crippen molar-refractivity contribution in [2.45, 2.75) is 6.42 Å². The van der Waals surface area contributed by atoms with Gasteiger partial charge in [-0.05, 0) is 36.2 Å². The molecule has 27 heavy (non-hydrogen) atoms. The number of hydrogen-bond donors (Lipinski definition) is 2. The van der Waals surface area contributed by atoms with Gasteiger partial charge in [0.15, 0.2) is 0 Å². The van der Waals surface area contributed by atoms with Gasteiger partial charge < -0.3 is 24.8 Å². The van der Waals surface area contributed by atoms with E-state index >= 15 is 0 Å². The van der Waals surface area contributed by atoms with Gasteiger partial charge in [0, 0.05) is 6.54 Å². The summed E-state index contributed by atoms with van der Waals surface area (Å²) in [6.07, 6.45) is 0.685. The molecule has 2 aromatic rings. The van der Waals surface area contributed by atoms with E-state index in [4.69, 9.17) is 14.2 Å². The third kappa shape index (κ3) is 5.64. The van der Waals surface area contributed by atoms with Crippen LogP contribution in [0.5, 0.6) is 17.2 Å². The largest absolute Gasteiger partial charge is 0.497 e. The summed E-state index contributed by atoms with van der Waals surface area (Å²) >= 11 is 0. The molecule has 2 N–H and O–H groups in total. The number of amides is 2. The molecular weight excluding hydrogens is 348 g/mol. The molecule has 0 aliphatic rings. The lowest BCUT2D eigenvalue weighted by molar-refractivity contribution is -0.120. The van der Waals surface area contributed by atoms with Gasteiger partial charge in [0.05, 0.1) is 27.9 Å². The molecule has 0 aliphatic heterocycles. The van der Waals surface area contributed by atoms with E-state index in [9.17, 15) is 9.59 Å². The highest BCUT2D eigenvalue weighted by Crippen LogP contribution is 2.27. The highest BCUT2D eigenvalue weighted by atomic mass is 16.5. The van der Waals surface area contributed by atoms with E-state index < -0.39 is 5.91 Å². The van der Waals surface area contributed by atoms with Crippen LogP contribution in [0.2, 0.25) is 0 Å². The van der Waals surface area contributed by atoms with Crippen molar-refractivity contribution in [2.75, 3.05) is 34.4 Å². The van der Waals surface area contributed by atoms with Crippen molar-refractivity contribution in [1.29, 1.82) is 0 Å². The SMILES string of the molecule is COc1ccc(CCNC(=O)CNC(=O)c2c(OC)cccc2OC)cc1. The Hall–Kier alpha value is -3.22. The van der Waals surface area contributed by atoms with Gasteiger partial charge in [0.2, 0.25) is 5.91 Å². The van der Waals surface area contributed by atoms with E-state index in [0.717, 1.165) is 11.3 Å². The first-order chi connectivity index (χ1) is 13.1. The molecule has 0 bridgehead atoms. The standard InChI is InChI=1S/C20H24N2O5/c1-25-15-9-7-14(8-10-15)11-12-21-18(23)13-22-20(24)19-16(26-2)5-4-6-17(19)27-3/h4-10H,11-13H2,1-3H3,(H,21,23)(H,22,24). The average Bonchev–Trinajstić information content (AvgIpc) is 2.71. The molecule has 0 aromatic heterocycles. The maximum Gasteiger partial charge on any atom is 0.259 e. The summed E-state index contributed by atoms with van der Waals surface area (Å²) in [6.45, 7) is 0.335. The topological polar surface area (TPSA) is 85.9 Å². The summed E-state index contributed by atoms with van der Waals surface area (Å²) < 4.78 is 15.5. The molecule has 0 spiro atoms. The first-order valence-corrected chi connectivity index (χ1v) is 8.47. The Morgan fingerprint density at radius 3 is 2.04 bits per heavy atom. The zero-order valence-corrected chi connectivity index (χ0v) is 15.7. The molecule has 2 amide bonds. The molecule has 0 saturated carbocycles. The minimum atomic E-state index is -0.436. The van der Waals surface area contributed by atoms with Crippen LogP contribution in [-0.2, 0) is 11.2 Å². The number of benzene rings is 2. The summed E-state index contributed by atoms with van der Waals surface area (Å²) in [6, 6.07) is 12.7. The smallest absolute Gasteiger partial charge is 0.259 e. The van der Waals surface area contributed by atoms with Gasteiger partial charge in [-0.15, -0.1) is 0 Å². The van der Waals surface area contributed by atoms with Crippen LogP contribution in [0, 0.1) is 0 Å². The Kier molecular flexibility index (Phi) is 7.49. The Labute approximate surface area is 158 Å². The number of nitrogens with one attached hydrogen (secondary N) is 2. The van der Waals surface area contributed by atoms with Gasteiger partial charge in [-0.1, -0.05) is 18.2 Å². The fourth-order valence-corrected chi connectivity index (χ4v) is 2.52. The molecule has 0 saturated heterocycles. The minimum absolute atomic E-state index is 0.136. The normalized spacial score (nSPS) is 10.0. The Bertz CT molecular complexity index is 752. The molecule has 0 aliphatic carbocycles. The van der Waals surface area contributed by atoms with Crippen LogP contribution in [-0.4, -0.2) is 46.2 Å². The van der Waals surface area contributed by atoms with Crippen molar-refractivity contribution in [3.8, 4) is 17.2 Å². The first-order valence-electron chi connectivity index (χ1n) is 8.47. The van der Waals surface area contributed by atoms with Crippen molar-refractivity contribution in [3.63, 3.8) is 0 Å². The molecular formula is C20H24N2O5. The van der Waals surface area contributed by atoms with Crippen LogP contribution >= 0.6 is 0 Å². The zero-order chi connectivity index (χ0) is 19.6. The molecule has 0 radical (unpaired) electrons. The molecule has 0 unspecified atom stereocenters. The summed E-state index contributed by atoms with van der Waals surface area (Å²) in [7, 11) is 4.55. The van der Waals surface area contributed by atoms with Crippen molar-refractivity contribution in [2.24, 2.45) is 0 Å². The van der Waals surface area contributed by atoms with Crippen LogP contribution in [0.3, 0.4) is 0 Å². The predicted octanol–water partition coefficient (Wildman–Crippen LogP) is 1.80. The Morgan fingerprint density at radius 2 is 1.48 bits per heavy atom. The van der Waals surface area contributed by atoms with Crippen molar-refractivity contribution in [3.05, 3.63) is 53.6 Å². The van der Waals surface area contributed by atoms with E-state index in [1.54, 1.807) is 25.3 Å².